The Morgan fingerprint density at radius 3 is 2.48 bits per heavy atom. The summed E-state index contributed by atoms with van der Waals surface area (Å²) in [5.74, 6) is 0.0437. The van der Waals surface area contributed by atoms with E-state index in [1.165, 1.54) is 0 Å². The first-order valence-electron chi connectivity index (χ1n) is 7.71. The molecule has 1 aliphatic heterocycles. The summed E-state index contributed by atoms with van der Waals surface area (Å²) in [5, 5.41) is 9.65. The highest BCUT2D eigenvalue weighted by Gasteiger charge is 2.42. The van der Waals surface area contributed by atoms with E-state index < -0.39 is 12.0 Å². The van der Waals surface area contributed by atoms with Crippen molar-refractivity contribution in [1.29, 1.82) is 0 Å². The molecule has 0 bridgehead atoms. The van der Waals surface area contributed by atoms with E-state index in [0.717, 1.165) is 24.3 Å². The second-order valence-corrected chi connectivity index (χ2v) is 6.11. The van der Waals surface area contributed by atoms with Crippen LogP contribution in [0.1, 0.15) is 40.5 Å². The Morgan fingerprint density at radius 2 is 1.95 bits per heavy atom. The second-order valence-electron chi connectivity index (χ2n) is 6.11. The van der Waals surface area contributed by atoms with Crippen molar-refractivity contribution in [3.63, 3.8) is 0 Å². The van der Waals surface area contributed by atoms with Crippen molar-refractivity contribution in [2.75, 3.05) is 11.4 Å². The van der Waals surface area contributed by atoms with Gasteiger partial charge in [-0.05, 0) is 30.9 Å². The molecule has 0 spiro atoms. The molecule has 21 heavy (non-hydrogen) atoms. The molecule has 0 aliphatic carbocycles. The van der Waals surface area contributed by atoms with Crippen molar-refractivity contribution in [3.8, 4) is 5.75 Å². The molecule has 0 radical (unpaired) electrons. The van der Waals surface area contributed by atoms with E-state index in [9.17, 15) is 9.90 Å². The predicted octanol–water partition coefficient (Wildman–Crippen LogP) is 3.55. The molecule has 0 saturated carbocycles. The number of hydrogen-bond acceptors (Lipinski definition) is 3. The van der Waals surface area contributed by atoms with E-state index in [4.69, 9.17) is 4.74 Å². The molecule has 0 fully saturated rings. The van der Waals surface area contributed by atoms with Gasteiger partial charge in [0.25, 0.3) is 0 Å². The third kappa shape index (κ3) is 2.85. The quantitative estimate of drug-likeness (QED) is 0.901. The Bertz CT molecular complexity index is 509. The highest BCUT2D eigenvalue weighted by atomic mass is 16.5. The minimum Gasteiger partial charge on any atom is -0.483 e. The summed E-state index contributed by atoms with van der Waals surface area (Å²) in [7, 11) is 0. The number of carboxylic acid groups (broad SMARTS) is 1. The van der Waals surface area contributed by atoms with Crippen molar-refractivity contribution in [1.82, 2.24) is 0 Å². The zero-order valence-corrected chi connectivity index (χ0v) is 13.3. The summed E-state index contributed by atoms with van der Waals surface area (Å²) >= 11 is 0. The van der Waals surface area contributed by atoms with Crippen LogP contribution < -0.4 is 9.64 Å². The fourth-order valence-corrected chi connectivity index (χ4v) is 3.09. The minimum absolute atomic E-state index is 0.0278. The van der Waals surface area contributed by atoms with Crippen molar-refractivity contribution in [2.24, 2.45) is 5.92 Å². The lowest BCUT2D eigenvalue weighted by molar-refractivity contribution is -0.140. The van der Waals surface area contributed by atoms with Gasteiger partial charge in [0, 0.05) is 0 Å². The average Bonchev–Trinajstić information content (AvgIpc) is 2.46. The smallest absolute Gasteiger partial charge is 0.326 e. The Kier molecular flexibility index (Phi) is 4.45. The van der Waals surface area contributed by atoms with E-state index >= 15 is 0 Å². The Morgan fingerprint density at radius 1 is 1.33 bits per heavy atom. The van der Waals surface area contributed by atoms with E-state index in [-0.39, 0.29) is 11.5 Å². The molecule has 0 aromatic heterocycles. The lowest BCUT2D eigenvalue weighted by Crippen LogP contribution is -2.56. The molecule has 1 aliphatic rings. The zero-order valence-electron chi connectivity index (χ0n) is 13.3. The van der Waals surface area contributed by atoms with Crippen LogP contribution in [0.3, 0.4) is 0 Å². The fourth-order valence-electron chi connectivity index (χ4n) is 3.09. The summed E-state index contributed by atoms with van der Waals surface area (Å²) in [6, 6.07) is 7.21. The molecule has 1 N–H and O–H groups in total. The van der Waals surface area contributed by atoms with Gasteiger partial charge in [-0.3, -0.25) is 0 Å². The van der Waals surface area contributed by atoms with Gasteiger partial charge in [-0.1, -0.05) is 39.8 Å². The molecule has 1 aromatic rings. The number of rotatable bonds is 5. The van der Waals surface area contributed by atoms with Crippen LogP contribution >= 0.6 is 0 Å². The molecular weight excluding hydrogens is 266 g/mol. The lowest BCUT2D eigenvalue weighted by atomic mass is 9.91. The number of carboxylic acids is 1. The molecule has 1 unspecified atom stereocenters. The van der Waals surface area contributed by atoms with Gasteiger partial charge >= 0.3 is 5.97 Å². The summed E-state index contributed by atoms with van der Waals surface area (Å²) in [4.78, 5) is 13.8. The van der Waals surface area contributed by atoms with Crippen LogP contribution in [0.25, 0.3) is 0 Å². The number of nitrogens with zero attached hydrogens (tertiary/aromatic N) is 1. The number of anilines is 1. The maximum Gasteiger partial charge on any atom is 0.326 e. The van der Waals surface area contributed by atoms with Crippen molar-refractivity contribution in [2.45, 2.75) is 52.2 Å². The number of ether oxygens (including phenoxy) is 1. The van der Waals surface area contributed by atoms with Crippen LogP contribution in [0, 0.1) is 5.92 Å². The van der Waals surface area contributed by atoms with E-state index in [0.29, 0.717) is 6.54 Å². The third-order valence-electron chi connectivity index (χ3n) is 4.47. The fraction of sp³-hybridized carbons (Fsp3) is 0.588. The van der Waals surface area contributed by atoms with Crippen LogP contribution in [-0.2, 0) is 4.79 Å². The summed E-state index contributed by atoms with van der Waals surface area (Å²) in [6.07, 6.45) is 1.72. The van der Waals surface area contributed by atoms with Crippen molar-refractivity contribution in [3.05, 3.63) is 24.3 Å². The topological polar surface area (TPSA) is 49.8 Å². The van der Waals surface area contributed by atoms with Crippen LogP contribution in [0.15, 0.2) is 24.3 Å². The number of hydrogen-bond donors (Lipinski definition) is 1. The predicted molar refractivity (Wildman–Crippen MR) is 84.0 cm³/mol. The van der Waals surface area contributed by atoms with Gasteiger partial charge in [0.05, 0.1) is 12.2 Å². The first-order chi connectivity index (χ1) is 9.94. The van der Waals surface area contributed by atoms with Gasteiger partial charge < -0.3 is 14.7 Å². The maximum absolute atomic E-state index is 11.8. The Balaban J connectivity index is 2.50. The normalized spacial score (nSPS) is 18.0. The monoisotopic (exact) mass is 291 g/mol. The van der Waals surface area contributed by atoms with Crippen molar-refractivity contribution < 1.29 is 14.6 Å². The molecule has 4 nitrogen and oxygen atoms in total. The van der Waals surface area contributed by atoms with Crippen LogP contribution in [-0.4, -0.2) is 29.3 Å². The highest BCUT2D eigenvalue weighted by molar-refractivity contribution is 5.80. The summed E-state index contributed by atoms with van der Waals surface area (Å²) < 4.78 is 6.22. The van der Waals surface area contributed by atoms with E-state index in [1.807, 2.05) is 43.0 Å². The zero-order chi connectivity index (χ0) is 15.6. The molecule has 1 atom stereocenters. The highest BCUT2D eigenvalue weighted by Crippen LogP contribution is 2.41. The van der Waals surface area contributed by atoms with E-state index in [1.54, 1.807) is 0 Å². The first kappa shape index (κ1) is 15.7. The number of carbonyl (C=O) groups is 1. The van der Waals surface area contributed by atoms with Crippen molar-refractivity contribution >= 4 is 11.7 Å². The van der Waals surface area contributed by atoms with Gasteiger partial charge in [-0.2, -0.15) is 0 Å². The van der Waals surface area contributed by atoms with Crippen LogP contribution in [0.4, 0.5) is 5.69 Å². The van der Waals surface area contributed by atoms with E-state index in [2.05, 4.69) is 13.8 Å². The molecular formula is C17H25NO3. The number of benzene rings is 1. The maximum atomic E-state index is 11.8. The second kappa shape index (κ2) is 5.96. The van der Waals surface area contributed by atoms with Crippen LogP contribution in [0.5, 0.6) is 5.75 Å². The first-order valence-corrected chi connectivity index (χ1v) is 7.71. The van der Waals surface area contributed by atoms with Gasteiger partial charge in [-0.25, -0.2) is 4.79 Å². The van der Waals surface area contributed by atoms with Gasteiger partial charge in [0.2, 0.25) is 0 Å². The molecule has 1 aromatic carbocycles. The van der Waals surface area contributed by atoms with Gasteiger partial charge in [-0.15, -0.1) is 0 Å². The molecule has 116 valence electrons. The molecule has 1 heterocycles. The van der Waals surface area contributed by atoms with Gasteiger partial charge in [0.15, 0.2) is 0 Å². The summed E-state index contributed by atoms with van der Waals surface area (Å²) in [5.41, 5.74) is 0.577. The lowest BCUT2D eigenvalue weighted by Gasteiger charge is -2.46. The summed E-state index contributed by atoms with van der Waals surface area (Å²) in [6.45, 7) is 8.72. The molecule has 0 amide bonds. The largest absolute Gasteiger partial charge is 0.483 e. The SMILES string of the molecule is CCC1(CC)CN(C(C(=O)O)C(C)C)c2ccccc2O1. The molecule has 2 rings (SSSR count). The third-order valence-corrected chi connectivity index (χ3v) is 4.47. The standard InChI is InChI=1S/C17H25NO3/c1-5-17(6-2)11-18(15(12(3)4)16(19)20)13-9-7-8-10-14(13)21-17/h7-10,12,15H,5-6,11H2,1-4H3,(H,19,20). The van der Waals surface area contributed by atoms with Gasteiger partial charge in [0.1, 0.15) is 17.4 Å². The Labute approximate surface area is 126 Å². The number of aliphatic carboxylic acids is 1. The molecule has 0 saturated heterocycles. The number of para-hydroxylation sites is 2. The number of fused-ring (bicyclic) bond motifs is 1. The minimum atomic E-state index is -0.775. The average molecular weight is 291 g/mol. The van der Waals surface area contributed by atoms with Crippen LogP contribution in [0.2, 0.25) is 0 Å². The molecule has 4 heteroatoms. The Hall–Kier alpha value is -1.71.